The largest absolute Gasteiger partial charge is 0.481 e. The number of Topliss-reactive ketones (excluding diaryl/α,β-unsaturated/α-hetero) is 1. The van der Waals surface area contributed by atoms with Gasteiger partial charge in [0.2, 0.25) is 0 Å². The molecule has 1 aliphatic carbocycles. The van der Waals surface area contributed by atoms with Crippen molar-refractivity contribution in [3.63, 3.8) is 0 Å². The van der Waals surface area contributed by atoms with Crippen molar-refractivity contribution in [3.8, 4) is 0 Å². The van der Waals surface area contributed by atoms with Crippen molar-refractivity contribution >= 4 is 11.8 Å². The van der Waals surface area contributed by atoms with Gasteiger partial charge >= 0.3 is 5.97 Å². The first-order chi connectivity index (χ1) is 15.7. The standard InChI is InChI=1S/C20H34O6/c1-2-3-4-7-14(21)10-11-16-17(19(24)13-18(16)23)12-15(22)8-5-6-9-20(25)26/h10-11,14,16-19,21,23-24H,2-9,12-13H2,1H3,(H,25,26)/b11-10+/t14-,16+,17+,18+,19-/m0/s1/i1D3,2D2,3D2,4D2. The highest BCUT2D eigenvalue weighted by atomic mass is 16.4. The lowest BCUT2D eigenvalue weighted by atomic mass is 9.87. The maximum absolute atomic E-state index is 12.3. The predicted molar refractivity (Wildman–Crippen MR) is 98.6 cm³/mol. The van der Waals surface area contributed by atoms with Crippen molar-refractivity contribution < 1.29 is 42.4 Å². The second-order valence-electron chi connectivity index (χ2n) is 6.54. The van der Waals surface area contributed by atoms with Crippen molar-refractivity contribution in [2.24, 2.45) is 11.8 Å². The summed E-state index contributed by atoms with van der Waals surface area (Å²) in [6.07, 6.45) is -11.9. The summed E-state index contributed by atoms with van der Waals surface area (Å²) in [5.41, 5.74) is 0. The Kier molecular flexibility index (Phi) is 5.76. The molecule has 0 aliphatic heterocycles. The monoisotopic (exact) mass is 379 g/mol. The Hall–Kier alpha value is -1.24. The molecule has 0 aromatic carbocycles. The average Bonchev–Trinajstić information content (AvgIpc) is 2.94. The fraction of sp³-hybridized carbons (Fsp3) is 0.800. The Morgan fingerprint density at radius 3 is 2.65 bits per heavy atom. The number of carboxylic acids is 1. The molecule has 6 nitrogen and oxygen atoms in total. The maximum atomic E-state index is 12.3. The smallest absolute Gasteiger partial charge is 0.303 e. The number of ketones is 1. The minimum atomic E-state index is -3.55. The molecule has 6 heteroatoms. The zero-order valence-corrected chi connectivity index (χ0v) is 14.6. The molecule has 0 unspecified atom stereocenters. The second kappa shape index (κ2) is 12.2. The van der Waals surface area contributed by atoms with Crippen LogP contribution in [-0.2, 0) is 9.59 Å². The highest BCUT2D eigenvalue weighted by Crippen LogP contribution is 2.36. The Labute approximate surface area is 168 Å². The number of aliphatic hydroxyl groups excluding tert-OH is 3. The summed E-state index contributed by atoms with van der Waals surface area (Å²) >= 11 is 0. The van der Waals surface area contributed by atoms with E-state index in [1.807, 2.05) is 0 Å². The van der Waals surface area contributed by atoms with Crippen LogP contribution in [0.1, 0.15) is 83.3 Å². The van der Waals surface area contributed by atoms with E-state index >= 15 is 0 Å². The Balaban J connectivity index is 2.86. The number of carbonyl (C=O) groups excluding carboxylic acids is 1. The molecule has 1 saturated carbocycles. The van der Waals surface area contributed by atoms with E-state index in [9.17, 15) is 24.9 Å². The van der Waals surface area contributed by atoms with Gasteiger partial charge in [0, 0.05) is 49.9 Å². The summed E-state index contributed by atoms with van der Waals surface area (Å²) in [5, 5.41) is 39.4. The summed E-state index contributed by atoms with van der Waals surface area (Å²) in [4.78, 5) is 22.8. The molecule has 0 heterocycles. The molecule has 5 atom stereocenters. The molecule has 1 fully saturated rings. The summed E-state index contributed by atoms with van der Waals surface area (Å²) in [6, 6.07) is 0. The molecule has 150 valence electrons. The van der Waals surface area contributed by atoms with Crippen LogP contribution < -0.4 is 0 Å². The van der Waals surface area contributed by atoms with Gasteiger partial charge in [-0.25, -0.2) is 0 Å². The van der Waals surface area contributed by atoms with E-state index in [0.29, 0.717) is 12.8 Å². The SMILES string of the molecule is [2H]C([2H])([2H])C([2H])([2H])C([2H])([2H])C([2H])([2H])C[C@H](O)/C=C/[C@@H]1[C@@H](CC(=O)CCCCC(=O)O)[C@@H](O)C[C@H]1O. The van der Waals surface area contributed by atoms with E-state index in [4.69, 9.17) is 17.4 Å². The van der Waals surface area contributed by atoms with E-state index in [1.165, 1.54) is 6.08 Å². The van der Waals surface area contributed by atoms with Gasteiger partial charge in [-0.05, 0) is 19.3 Å². The predicted octanol–water partition coefficient (Wildman–Crippen LogP) is 2.45. The van der Waals surface area contributed by atoms with Crippen LogP contribution in [0.15, 0.2) is 12.2 Å². The summed E-state index contributed by atoms with van der Waals surface area (Å²) in [6.45, 7) is -3.46. The van der Waals surface area contributed by atoms with Crippen LogP contribution in [-0.4, -0.2) is 50.5 Å². The topological polar surface area (TPSA) is 115 Å². The summed E-state index contributed by atoms with van der Waals surface area (Å²) in [7, 11) is 0. The lowest BCUT2D eigenvalue weighted by Gasteiger charge is -2.20. The molecular weight excluding hydrogens is 336 g/mol. The first kappa shape index (κ1) is 12.3. The van der Waals surface area contributed by atoms with E-state index in [2.05, 4.69) is 0 Å². The molecule has 0 spiro atoms. The van der Waals surface area contributed by atoms with Gasteiger partial charge in [-0.2, -0.15) is 0 Å². The molecule has 4 N–H and O–H groups in total. The van der Waals surface area contributed by atoms with E-state index < -0.39 is 68.5 Å². The number of rotatable bonds is 13. The van der Waals surface area contributed by atoms with Gasteiger partial charge in [0.25, 0.3) is 0 Å². The van der Waals surface area contributed by atoms with Crippen molar-refractivity contribution in [2.75, 3.05) is 0 Å². The molecule has 0 aromatic heterocycles. The van der Waals surface area contributed by atoms with Crippen molar-refractivity contribution in [1.82, 2.24) is 0 Å². The van der Waals surface area contributed by atoms with Crippen LogP contribution in [0.4, 0.5) is 0 Å². The molecule has 0 aromatic rings. The molecule has 1 rings (SSSR count). The number of hydrogen-bond donors (Lipinski definition) is 4. The fourth-order valence-corrected chi connectivity index (χ4v) is 3.15. The highest BCUT2D eigenvalue weighted by Gasteiger charge is 2.41. The number of unbranched alkanes of at least 4 members (excludes halogenated alkanes) is 1. The Morgan fingerprint density at radius 2 is 1.96 bits per heavy atom. The lowest BCUT2D eigenvalue weighted by Crippen LogP contribution is -2.24. The third kappa shape index (κ3) is 8.43. The third-order valence-corrected chi connectivity index (χ3v) is 4.49. The third-order valence-electron chi connectivity index (χ3n) is 4.49. The van der Waals surface area contributed by atoms with Gasteiger partial charge in [-0.3, -0.25) is 9.59 Å². The number of carbonyl (C=O) groups is 2. The molecular formula is C20H34O6. The van der Waals surface area contributed by atoms with E-state index in [1.54, 1.807) is 0 Å². The van der Waals surface area contributed by atoms with Gasteiger partial charge in [0.1, 0.15) is 5.78 Å². The van der Waals surface area contributed by atoms with Crippen molar-refractivity contribution in [1.29, 1.82) is 0 Å². The zero-order valence-electron chi connectivity index (χ0n) is 23.6. The minimum Gasteiger partial charge on any atom is -0.481 e. The van der Waals surface area contributed by atoms with Crippen molar-refractivity contribution in [2.45, 2.75) is 89.2 Å². The van der Waals surface area contributed by atoms with Gasteiger partial charge < -0.3 is 20.4 Å². The van der Waals surface area contributed by atoms with Crippen molar-refractivity contribution in [3.05, 3.63) is 12.2 Å². The molecule has 26 heavy (non-hydrogen) atoms. The lowest BCUT2D eigenvalue weighted by molar-refractivity contribution is -0.137. The average molecular weight is 380 g/mol. The van der Waals surface area contributed by atoms with Crippen LogP contribution in [0, 0.1) is 11.8 Å². The van der Waals surface area contributed by atoms with Crippen LogP contribution in [0.2, 0.25) is 0 Å². The number of aliphatic carboxylic acids is 1. The van der Waals surface area contributed by atoms with Gasteiger partial charge in [0.15, 0.2) is 0 Å². The van der Waals surface area contributed by atoms with Gasteiger partial charge in [0.05, 0.1) is 18.3 Å². The Morgan fingerprint density at radius 1 is 1.23 bits per heavy atom. The first-order valence-electron chi connectivity index (χ1n) is 13.2. The zero-order chi connectivity index (χ0) is 27.4. The number of aliphatic hydroxyl groups is 3. The van der Waals surface area contributed by atoms with Gasteiger partial charge in [-0.1, -0.05) is 38.1 Å². The number of carboxylic acid groups (broad SMARTS) is 1. The molecule has 0 bridgehead atoms. The summed E-state index contributed by atoms with van der Waals surface area (Å²) in [5.74, 6) is -2.68. The maximum Gasteiger partial charge on any atom is 0.303 e. The molecule has 0 radical (unpaired) electrons. The summed E-state index contributed by atoms with van der Waals surface area (Å²) < 4.78 is 68.3. The second-order valence-corrected chi connectivity index (χ2v) is 6.54. The number of hydrogen-bond acceptors (Lipinski definition) is 5. The molecule has 0 amide bonds. The quantitative estimate of drug-likeness (QED) is 0.289. The van der Waals surface area contributed by atoms with Gasteiger partial charge in [-0.15, -0.1) is 0 Å². The van der Waals surface area contributed by atoms with Crippen LogP contribution >= 0.6 is 0 Å². The minimum absolute atomic E-state index is 0.0375. The Bertz CT molecular complexity index is 769. The van der Waals surface area contributed by atoms with E-state index in [-0.39, 0.29) is 31.5 Å². The van der Waals surface area contributed by atoms with E-state index in [0.717, 1.165) is 6.08 Å². The van der Waals surface area contributed by atoms with Crippen LogP contribution in [0.3, 0.4) is 0 Å². The van der Waals surface area contributed by atoms with Crippen LogP contribution in [0.5, 0.6) is 0 Å². The molecule has 0 saturated heterocycles. The van der Waals surface area contributed by atoms with Crippen LogP contribution in [0.25, 0.3) is 0 Å². The highest BCUT2D eigenvalue weighted by molar-refractivity contribution is 5.78. The fourth-order valence-electron chi connectivity index (χ4n) is 3.15. The normalized spacial score (nSPS) is 34.3. The first-order valence-corrected chi connectivity index (χ1v) is 8.70. The molecule has 1 aliphatic rings.